The summed E-state index contributed by atoms with van der Waals surface area (Å²) in [6.45, 7) is 3.12. The van der Waals surface area contributed by atoms with Gasteiger partial charge in [0.1, 0.15) is 0 Å². The Balaban J connectivity index is 1.90. The maximum Gasteiger partial charge on any atom is 0.0967 e. The van der Waals surface area contributed by atoms with Gasteiger partial charge < -0.3 is 5.32 Å². The van der Waals surface area contributed by atoms with E-state index in [4.69, 9.17) is 0 Å². The largest absolute Gasteiger partial charge is 0.315 e. The molecule has 1 aliphatic rings. The number of nitrogens with zero attached hydrogens (tertiary/aromatic N) is 4. The van der Waals surface area contributed by atoms with E-state index in [-0.39, 0.29) is 0 Å². The highest BCUT2D eigenvalue weighted by Gasteiger charge is 2.19. The third kappa shape index (κ3) is 2.10. The SMILES string of the molecule is CN(Cc1cnn(C)n1)C1CCNC1. The molecular formula is C9H17N5. The second-order valence-electron chi connectivity index (χ2n) is 3.89. The molecule has 0 saturated carbocycles. The molecule has 2 heterocycles. The summed E-state index contributed by atoms with van der Waals surface area (Å²) in [6, 6.07) is 0.650. The Labute approximate surface area is 84.1 Å². The molecule has 1 N–H and O–H groups in total. The van der Waals surface area contributed by atoms with Crippen LogP contribution in [0, 0.1) is 0 Å². The van der Waals surface area contributed by atoms with Crippen LogP contribution in [0.25, 0.3) is 0 Å². The van der Waals surface area contributed by atoms with Gasteiger partial charge in [-0.25, -0.2) is 0 Å². The first-order valence-corrected chi connectivity index (χ1v) is 5.02. The Hall–Kier alpha value is -0.940. The Morgan fingerprint density at radius 2 is 2.57 bits per heavy atom. The van der Waals surface area contributed by atoms with E-state index in [0.29, 0.717) is 6.04 Å². The summed E-state index contributed by atoms with van der Waals surface area (Å²) < 4.78 is 0. The molecule has 0 radical (unpaired) electrons. The van der Waals surface area contributed by atoms with Gasteiger partial charge in [-0.05, 0) is 20.0 Å². The molecule has 5 heteroatoms. The third-order valence-corrected chi connectivity index (χ3v) is 2.72. The summed E-state index contributed by atoms with van der Waals surface area (Å²) in [7, 11) is 3.99. The number of rotatable bonds is 3. The Morgan fingerprint density at radius 1 is 1.71 bits per heavy atom. The smallest absolute Gasteiger partial charge is 0.0967 e. The van der Waals surface area contributed by atoms with E-state index in [2.05, 4.69) is 27.5 Å². The van der Waals surface area contributed by atoms with Gasteiger partial charge in [-0.2, -0.15) is 15.0 Å². The number of likely N-dealkylation sites (N-methyl/N-ethyl adjacent to an activating group) is 1. The zero-order valence-electron chi connectivity index (χ0n) is 8.77. The van der Waals surface area contributed by atoms with Gasteiger partial charge in [0, 0.05) is 26.2 Å². The minimum Gasteiger partial charge on any atom is -0.315 e. The molecule has 1 atom stereocenters. The molecule has 0 aromatic carbocycles. The molecule has 0 aliphatic carbocycles. The Morgan fingerprint density at radius 3 is 3.14 bits per heavy atom. The van der Waals surface area contributed by atoms with Gasteiger partial charge in [0.05, 0.1) is 11.9 Å². The average molecular weight is 195 g/mol. The van der Waals surface area contributed by atoms with Crippen molar-refractivity contribution >= 4 is 0 Å². The Bertz CT molecular complexity index is 289. The maximum absolute atomic E-state index is 4.27. The molecule has 1 fully saturated rings. The van der Waals surface area contributed by atoms with E-state index in [1.807, 2.05) is 13.2 Å². The van der Waals surface area contributed by atoms with E-state index in [9.17, 15) is 0 Å². The summed E-state index contributed by atoms with van der Waals surface area (Å²) in [5.74, 6) is 0. The van der Waals surface area contributed by atoms with Crippen molar-refractivity contribution in [3.8, 4) is 0 Å². The highest BCUT2D eigenvalue weighted by atomic mass is 15.5. The van der Waals surface area contributed by atoms with E-state index in [1.165, 1.54) is 6.42 Å². The van der Waals surface area contributed by atoms with Crippen LogP contribution in [0.1, 0.15) is 12.1 Å². The van der Waals surface area contributed by atoms with Crippen molar-refractivity contribution in [3.63, 3.8) is 0 Å². The highest BCUT2D eigenvalue weighted by Crippen LogP contribution is 2.08. The van der Waals surface area contributed by atoms with Crippen LogP contribution in [0.2, 0.25) is 0 Å². The first-order valence-electron chi connectivity index (χ1n) is 5.02. The fourth-order valence-corrected chi connectivity index (χ4v) is 1.86. The lowest BCUT2D eigenvalue weighted by Crippen LogP contribution is -2.33. The minimum absolute atomic E-state index is 0.650. The van der Waals surface area contributed by atoms with E-state index >= 15 is 0 Å². The predicted molar refractivity (Wildman–Crippen MR) is 53.7 cm³/mol. The van der Waals surface area contributed by atoms with Crippen molar-refractivity contribution in [2.45, 2.75) is 19.0 Å². The molecule has 1 unspecified atom stereocenters. The summed E-state index contributed by atoms with van der Waals surface area (Å²) in [5, 5.41) is 11.7. The first-order chi connectivity index (χ1) is 6.75. The van der Waals surface area contributed by atoms with Crippen molar-refractivity contribution in [1.29, 1.82) is 0 Å². The zero-order chi connectivity index (χ0) is 9.97. The lowest BCUT2D eigenvalue weighted by Gasteiger charge is -2.21. The fourth-order valence-electron chi connectivity index (χ4n) is 1.86. The summed E-state index contributed by atoms with van der Waals surface area (Å²) in [6.07, 6.45) is 3.07. The van der Waals surface area contributed by atoms with Crippen LogP contribution < -0.4 is 5.32 Å². The lowest BCUT2D eigenvalue weighted by atomic mass is 10.2. The second-order valence-corrected chi connectivity index (χ2v) is 3.89. The average Bonchev–Trinajstić information content (AvgIpc) is 2.75. The molecular weight excluding hydrogens is 178 g/mol. The van der Waals surface area contributed by atoms with Crippen LogP contribution in [-0.4, -0.2) is 46.1 Å². The zero-order valence-corrected chi connectivity index (χ0v) is 8.77. The fraction of sp³-hybridized carbons (Fsp3) is 0.778. The van der Waals surface area contributed by atoms with Gasteiger partial charge in [0.25, 0.3) is 0 Å². The third-order valence-electron chi connectivity index (χ3n) is 2.72. The number of aromatic nitrogens is 3. The number of nitrogens with one attached hydrogen (secondary N) is 1. The topological polar surface area (TPSA) is 46.0 Å². The molecule has 0 bridgehead atoms. The quantitative estimate of drug-likeness (QED) is 0.713. The molecule has 1 aliphatic heterocycles. The molecule has 1 aromatic rings. The van der Waals surface area contributed by atoms with Gasteiger partial charge in [-0.1, -0.05) is 0 Å². The van der Waals surface area contributed by atoms with Crippen molar-refractivity contribution in [3.05, 3.63) is 11.9 Å². The van der Waals surface area contributed by atoms with Crippen molar-refractivity contribution in [2.75, 3.05) is 20.1 Å². The van der Waals surface area contributed by atoms with Crippen LogP contribution in [-0.2, 0) is 13.6 Å². The molecule has 1 aromatic heterocycles. The molecule has 5 nitrogen and oxygen atoms in total. The first kappa shape index (κ1) is 9.61. The van der Waals surface area contributed by atoms with Crippen LogP contribution >= 0.6 is 0 Å². The van der Waals surface area contributed by atoms with E-state index in [0.717, 1.165) is 25.3 Å². The van der Waals surface area contributed by atoms with Gasteiger partial charge in [-0.15, -0.1) is 0 Å². The van der Waals surface area contributed by atoms with E-state index < -0.39 is 0 Å². The van der Waals surface area contributed by atoms with Crippen molar-refractivity contribution < 1.29 is 0 Å². The molecule has 0 spiro atoms. The molecule has 0 amide bonds. The van der Waals surface area contributed by atoms with E-state index in [1.54, 1.807) is 4.80 Å². The van der Waals surface area contributed by atoms with Crippen LogP contribution in [0.15, 0.2) is 6.20 Å². The highest BCUT2D eigenvalue weighted by molar-refractivity contribution is 4.92. The number of aryl methyl sites for hydroxylation is 1. The molecule has 1 saturated heterocycles. The molecule has 2 rings (SSSR count). The predicted octanol–water partition coefficient (Wildman–Crippen LogP) is -0.391. The second kappa shape index (κ2) is 4.06. The van der Waals surface area contributed by atoms with Gasteiger partial charge in [-0.3, -0.25) is 4.90 Å². The lowest BCUT2D eigenvalue weighted by molar-refractivity contribution is 0.245. The van der Waals surface area contributed by atoms with Crippen molar-refractivity contribution in [1.82, 2.24) is 25.2 Å². The summed E-state index contributed by atoms with van der Waals surface area (Å²) in [4.78, 5) is 3.94. The number of hydrogen-bond donors (Lipinski definition) is 1. The van der Waals surface area contributed by atoms with Gasteiger partial charge in [0.2, 0.25) is 0 Å². The van der Waals surface area contributed by atoms with Crippen molar-refractivity contribution in [2.24, 2.45) is 7.05 Å². The standard InChI is InChI=1S/C9H17N5/c1-13(9-3-4-10-6-9)7-8-5-11-14(2)12-8/h5,9-10H,3-4,6-7H2,1-2H3. The molecule has 78 valence electrons. The summed E-state index contributed by atoms with van der Waals surface area (Å²) in [5.41, 5.74) is 1.04. The van der Waals surface area contributed by atoms with Crippen LogP contribution in [0.3, 0.4) is 0 Å². The monoisotopic (exact) mass is 195 g/mol. The molecule has 14 heavy (non-hydrogen) atoms. The number of hydrogen-bond acceptors (Lipinski definition) is 4. The minimum atomic E-state index is 0.650. The summed E-state index contributed by atoms with van der Waals surface area (Å²) >= 11 is 0. The Kier molecular flexibility index (Phi) is 2.79. The van der Waals surface area contributed by atoms with Crippen LogP contribution in [0.5, 0.6) is 0 Å². The normalized spacial score (nSPS) is 22.1. The van der Waals surface area contributed by atoms with Gasteiger partial charge >= 0.3 is 0 Å². The maximum atomic E-state index is 4.27. The van der Waals surface area contributed by atoms with Gasteiger partial charge in [0.15, 0.2) is 0 Å². The van der Waals surface area contributed by atoms with Crippen LogP contribution in [0.4, 0.5) is 0 Å².